The smallest absolute Gasteiger partial charge is 0.205 e. The van der Waals surface area contributed by atoms with Crippen LogP contribution in [0.5, 0.6) is 0 Å². The molecule has 1 aromatic heterocycles. The average molecular weight is 570 g/mol. The summed E-state index contributed by atoms with van der Waals surface area (Å²) in [5, 5.41) is 0. The summed E-state index contributed by atoms with van der Waals surface area (Å²) in [6, 6.07) is 23.5. The third-order valence-corrected chi connectivity index (χ3v) is 8.33. The Morgan fingerprint density at radius 1 is 0.650 bits per heavy atom. The van der Waals surface area contributed by atoms with Crippen molar-refractivity contribution in [3.8, 4) is 0 Å². The van der Waals surface area contributed by atoms with Crippen LogP contribution in [0.15, 0.2) is 108 Å². The van der Waals surface area contributed by atoms with Gasteiger partial charge in [-0.25, -0.2) is 0 Å². The van der Waals surface area contributed by atoms with E-state index < -0.39 is 0 Å². The van der Waals surface area contributed by atoms with E-state index in [9.17, 15) is 0 Å². The molecule has 0 aliphatic carbocycles. The van der Waals surface area contributed by atoms with Crippen LogP contribution in [-0.2, 0) is 6.54 Å². The highest BCUT2D eigenvalue weighted by atomic mass is 33.1. The van der Waals surface area contributed by atoms with E-state index in [0.717, 1.165) is 24.6 Å². The molecule has 0 N–H and O–H groups in total. The number of rotatable bonds is 15. The van der Waals surface area contributed by atoms with Gasteiger partial charge in [0.25, 0.3) is 0 Å². The number of aliphatic imine (C=N–C) groups is 1. The maximum atomic E-state index is 4.48. The Hall–Kier alpha value is -3.48. The predicted octanol–water partition coefficient (Wildman–Crippen LogP) is 7.55. The van der Waals surface area contributed by atoms with Crippen molar-refractivity contribution in [1.29, 1.82) is 0 Å². The number of pyridine rings is 1. The normalized spacial score (nSPS) is 12.1. The molecule has 3 aromatic rings. The van der Waals surface area contributed by atoms with Crippen molar-refractivity contribution in [3.05, 3.63) is 120 Å². The van der Waals surface area contributed by atoms with Gasteiger partial charge in [0.15, 0.2) is 12.7 Å². The van der Waals surface area contributed by atoms with Gasteiger partial charge < -0.3 is 9.80 Å². The fourth-order valence-electron chi connectivity index (χ4n) is 3.68. The quantitative estimate of drug-likeness (QED) is 0.0620. The molecule has 0 aliphatic heterocycles. The number of allylic oxidation sites excluding steroid dienone is 5. The lowest BCUT2D eigenvalue weighted by Crippen LogP contribution is -2.37. The van der Waals surface area contributed by atoms with Crippen molar-refractivity contribution < 1.29 is 4.57 Å². The second kappa shape index (κ2) is 18.0. The van der Waals surface area contributed by atoms with Crippen LogP contribution < -0.4 is 14.4 Å². The monoisotopic (exact) mass is 569 g/mol. The molecule has 0 radical (unpaired) electrons. The molecular weight excluding hydrogens is 529 g/mol. The number of nitrogens with zero attached hydrogens (tertiary/aromatic N) is 4. The Balaban J connectivity index is 1.29. The van der Waals surface area contributed by atoms with E-state index >= 15 is 0 Å². The zero-order chi connectivity index (χ0) is 28.4. The average Bonchev–Trinajstić information content (AvgIpc) is 2.97. The van der Waals surface area contributed by atoms with Crippen LogP contribution >= 0.6 is 21.6 Å². The lowest BCUT2D eigenvalue weighted by Gasteiger charge is -2.11. The zero-order valence-corrected chi connectivity index (χ0v) is 25.7. The molecule has 0 saturated carbocycles. The van der Waals surface area contributed by atoms with Crippen LogP contribution in [0.1, 0.15) is 16.8 Å². The van der Waals surface area contributed by atoms with E-state index in [0.29, 0.717) is 0 Å². The van der Waals surface area contributed by atoms with Gasteiger partial charge in [0, 0.05) is 76.3 Å². The first-order valence-corrected chi connectivity index (χ1v) is 16.0. The molecule has 0 unspecified atom stereocenters. The van der Waals surface area contributed by atoms with Crippen LogP contribution in [0.25, 0.3) is 18.2 Å². The van der Waals surface area contributed by atoms with Crippen molar-refractivity contribution in [2.45, 2.75) is 6.54 Å². The number of benzene rings is 2. The van der Waals surface area contributed by atoms with Gasteiger partial charge >= 0.3 is 0 Å². The Morgan fingerprint density at radius 3 is 1.93 bits per heavy atom. The van der Waals surface area contributed by atoms with Gasteiger partial charge in [-0.1, -0.05) is 76.2 Å². The number of anilines is 2. The van der Waals surface area contributed by atoms with Gasteiger partial charge in [-0.05, 0) is 53.6 Å². The van der Waals surface area contributed by atoms with E-state index in [1.54, 1.807) is 0 Å². The van der Waals surface area contributed by atoms with Gasteiger partial charge in [-0.2, -0.15) is 4.57 Å². The largest absolute Gasteiger partial charge is 0.378 e. The zero-order valence-electron chi connectivity index (χ0n) is 24.1. The summed E-state index contributed by atoms with van der Waals surface area (Å²) in [5.74, 6) is 2.06. The number of aromatic nitrogens is 1. The van der Waals surface area contributed by atoms with E-state index in [2.05, 4.69) is 145 Å². The summed E-state index contributed by atoms with van der Waals surface area (Å²) < 4.78 is 2.31. The molecule has 40 heavy (non-hydrogen) atoms. The van der Waals surface area contributed by atoms with Crippen molar-refractivity contribution in [3.63, 3.8) is 0 Å². The van der Waals surface area contributed by atoms with Gasteiger partial charge in [0.2, 0.25) is 5.69 Å². The Bertz CT molecular complexity index is 1290. The molecule has 4 nitrogen and oxygen atoms in total. The fourth-order valence-corrected chi connectivity index (χ4v) is 5.52. The number of aryl methyl sites for hydroxylation is 1. The summed E-state index contributed by atoms with van der Waals surface area (Å²) in [4.78, 5) is 8.69. The van der Waals surface area contributed by atoms with Crippen LogP contribution in [0.2, 0.25) is 0 Å². The molecule has 0 bridgehead atoms. The predicted molar refractivity (Wildman–Crippen MR) is 183 cm³/mol. The second-order valence-corrected chi connectivity index (χ2v) is 12.2. The lowest BCUT2D eigenvalue weighted by atomic mass is 10.1. The van der Waals surface area contributed by atoms with Crippen molar-refractivity contribution in [2.24, 2.45) is 4.99 Å². The number of hydrogen-bond acceptors (Lipinski definition) is 5. The summed E-state index contributed by atoms with van der Waals surface area (Å²) in [5.41, 5.74) is 6.03. The van der Waals surface area contributed by atoms with E-state index in [1.807, 2.05) is 52.1 Å². The minimum Gasteiger partial charge on any atom is -0.378 e. The highest BCUT2D eigenvalue weighted by Gasteiger charge is 2.06. The summed E-state index contributed by atoms with van der Waals surface area (Å²) in [6.07, 6.45) is 20.6. The molecule has 0 saturated heterocycles. The SMILES string of the molecule is CN(C)c1ccc(/C=C/C=C/C=C\C=NCCSSCC[n+]2ccccc2/C=C/c2ccc(N(C)C)cc2)cc1. The van der Waals surface area contributed by atoms with Crippen molar-refractivity contribution >= 4 is 57.4 Å². The summed E-state index contributed by atoms with van der Waals surface area (Å²) in [6.45, 7) is 1.81. The minimum absolute atomic E-state index is 0.827. The van der Waals surface area contributed by atoms with Crippen LogP contribution in [0.3, 0.4) is 0 Å². The fraction of sp³-hybridized carbons (Fsp3) is 0.235. The van der Waals surface area contributed by atoms with Crippen LogP contribution in [0.4, 0.5) is 11.4 Å². The van der Waals surface area contributed by atoms with E-state index in [1.165, 1.54) is 28.2 Å². The van der Waals surface area contributed by atoms with Gasteiger partial charge in [0.05, 0.1) is 5.75 Å². The van der Waals surface area contributed by atoms with E-state index in [-0.39, 0.29) is 0 Å². The lowest BCUT2D eigenvalue weighted by molar-refractivity contribution is -0.694. The Kier molecular flexibility index (Phi) is 14.0. The standard InChI is InChI=1S/C34H41N4S2/c1-36(2)32-19-14-30(15-20-32)12-8-6-5-7-10-24-35-25-28-39-40-29-27-38-26-11-9-13-34(38)23-18-31-16-21-33(22-17-31)37(3)4/h5-24,26H,25,27-29H2,1-4H3/q+1/b6-5+,10-7-,12-8+,35-24?. The Morgan fingerprint density at radius 2 is 1.25 bits per heavy atom. The van der Waals surface area contributed by atoms with Gasteiger partial charge in [-0.15, -0.1) is 0 Å². The third kappa shape index (κ3) is 11.7. The minimum atomic E-state index is 0.827. The molecule has 0 aliphatic rings. The molecular formula is C34H41N4S2+. The first-order valence-electron chi connectivity index (χ1n) is 13.5. The molecule has 1 heterocycles. The molecule has 0 atom stereocenters. The Labute approximate surface area is 248 Å². The molecule has 2 aromatic carbocycles. The first-order chi connectivity index (χ1) is 19.5. The molecule has 0 spiro atoms. The maximum Gasteiger partial charge on any atom is 0.205 e. The summed E-state index contributed by atoms with van der Waals surface area (Å²) >= 11 is 0. The van der Waals surface area contributed by atoms with Crippen molar-refractivity contribution in [2.75, 3.05) is 56.0 Å². The number of hydrogen-bond donors (Lipinski definition) is 0. The topological polar surface area (TPSA) is 22.7 Å². The maximum absolute atomic E-state index is 4.48. The molecule has 0 fully saturated rings. The second-order valence-electron chi connectivity index (χ2n) is 9.45. The molecule has 0 amide bonds. The van der Waals surface area contributed by atoms with Crippen molar-refractivity contribution in [1.82, 2.24) is 0 Å². The van der Waals surface area contributed by atoms with Gasteiger partial charge in [-0.3, -0.25) is 4.99 Å². The van der Waals surface area contributed by atoms with Crippen LogP contribution in [-0.4, -0.2) is 52.5 Å². The third-order valence-electron chi connectivity index (χ3n) is 5.97. The molecule has 208 valence electrons. The molecule has 3 rings (SSSR count). The van der Waals surface area contributed by atoms with Gasteiger partial charge in [0.1, 0.15) is 0 Å². The highest BCUT2D eigenvalue weighted by Crippen LogP contribution is 2.20. The first kappa shape index (κ1) is 31.1. The van der Waals surface area contributed by atoms with Crippen LogP contribution in [0, 0.1) is 0 Å². The highest BCUT2D eigenvalue weighted by molar-refractivity contribution is 8.76. The molecule has 6 heteroatoms. The van der Waals surface area contributed by atoms with E-state index in [4.69, 9.17) is 0 Å². The summed E-state index contributed by atoms with van der Waals surface area (Å²) in [7, 11) is 12.0.